The summed E-state index contributed by atoms with van der Waals surface area (Å²) in [6.07, 6.45) is 0. The van der Waals surface area contributed by atoms with E-state index < -0.39 is 9.05 Å². The molecule has 1 aromatic carbocycles. The summed E-state index contributed by atoms with van der Waals surface area (Å²) in [7, 11) is 3.09. The molecule has 0 bridgehead atoms. The molecule has 1 heterocycles. The highest BCUT2D eigenvalue weighted by Gasteiger charge is 2.17. The molecule has 0 atom stereocenters. The predicted octanol–water partition coefficient (Wildman–Crippen LogP) is 2.68. The fourth-order valence-electron chi connectivity index (χ4n) is 1.57. The zero-order valence-electron chi connectivity index (χ0n) is 9.50. The van der Waals surface area contributed by atoms with E-state index in [-0.39, 0.29) is 4.90 Å². The number of hydrogen-bond donors (Lipinski definition) is 0. The monoisotopic (exact) mass is 283 g/mol. The van der Waals surface area contributed by atoms with Crippen LogP contribution in [-0.4, -0.2) is 20.5 Å². The first-order valence-electron chi connectivity index (χ1n) is 5.07. The Labute approximate surface area is 110 Å². The van der Waals surface area contributed by atoms with Gasteiger partial charge in [-0.15, -0.1) is 0 Å². The molecule has 94 valence electrons. The summed E-state index contributed by atoms with van der Waals surface area (Å²) in [5, 5.41) is 0. The Bertz CT molecular complexity index is 671. The molecule has 0 saturated heterocycles. The summed E-state index contributed by atoms with van der Waals surface area (Å²) in [6.45, 7) is 0. The minimum absolute atomic E-state index is 0.0346. The maximum absolute atomic E-state index is 11.5. The second kappa shape index (κ2) is 4.96. The lowest BCUT2D eigenvalue weighted by atomic mass is 10.1. The van der Waals surface area contributed by atoms with E-state index in [1.54, 1.807) is 36.4 Å². The van der Waals surface area contributed by atoms with E-state index in [1.165, 1.54) is 13.2 Å². The molecule has 4 nitrogen and oxygen atoms in total. The molecule has 0 amide bonds. The quantitative estimate of drug-likeness (QED) is 0.813. The van der Waals surface area contributed by atoms with Gasteiger partial charge in [0, 0.05) is 22.3 Å². The van der Waals surface area contributed by atoms with Crippen molar-refractivity contribution < 1.29 is 13.2 Å². The standard InChI is InChI=1S/C12H10ClNO3S/c1-17-12-8-4-6-10(14-12)9-5-2-3-7-11(9)18(13,15)16/h2-8H,1H3. The van der Waals surface area contributed by atoms with E-state index >= 15 is 0 Å². The van der Waals surface area contributed by atoms with Gasteiger partial charge in [-0.1, -0.05) is 24.3 Å². The van der Waals surface area contributed by atoms with Crippen LogP contribution in [0, 0.1) is 0 Å². The molecular formula is C12H10ClNO3S. The summed E-state index contributed by atoms with van der Waals surface area (Å²) in [5.74, 6) is 0.411. The Kier molecular flexibility index (Phi) is 3.54. The van der Waals surface area contributed by atoms with E-state index in [1.807, 2.05) is 0 Å². The van der Waals surface area contributed by atoms with Crippen LogP contribution < -0.4 is 4.74 Å². The Morgan fingerprint density at radius 1 is 1.11 bits per heavy atom. The van der Waals surface area contributed by atoms with Gasteiger partial charge in [0.2, 0.25) is 5.88 Å². The second-order valence-electron chi connectivity index (χ2n) is 3.50. The minimum Gasteiger partial charge on any atom is -0.481 e. The number of rotatable bonds is 3. The Hall–Kier alpha value is -1.59. The molecule has 2 rings (SSSR count). The van der Waals surface area contributed by atoms with Crippen molar-refractivity contribution in [1.29, 1.82) is 0 Å². The number of pyridine rings is 1. The van der Waals surface area contributed by atoms with Crippen molar-refractivity contribution in [2.75, 3.05) is 7.11 Å². The number of ether oxygens (including phenoxy) is 1. The van der Waals surface area contributed by atoms with E-state index in [4.69, 9.17) is 15.4 Å². The van der Waals surface area contributed by atoms with Crippen LogP contribution in [-0.2, 0) is 9.05 Å². The number of methoxy groups -OCH3 is 1. The highest BCUT2D eigenvalue weighted by atomic mass is 35.7. The third kappa shape index (κ3) is 2.63. The molecule has 2 aromatic rings. The molecule has 0 radical (unpaired) electrons. The molecule has 0 aliphatic carbocycles. The van der Waals surface area contributed by atoms with Crippen LogP contribution in [0.4, 0.5) is 0 Å². The van der Waals surface area contributed by atoms with Crippen LogP contribution in [0.1, 0.15) is 0 Å². The van der Waals surface area contributed by atoms with Gasteiger partial charge in [0.15, 0.2) is 0 Å². The Balaban J connectivity index is 2.64. The summed E-state index contributed by atoms with van der Waals surface area (Å²) < 4.78 is 28.0. The smallest absolute Gasteiger partial charge is 0.261 e. The van der Waals surface area contributed by atoms with Gasteiger partial charge in [0.05, 0.1) is 17.7 Å². The molecule has 6 heteroatoms. The number of nitrogens with zero attached hydrogens (tertiary/aromatic N) is 1. The molecule has 0 aliphatic rings. The first kappa shape index (κ1) is 12.9. The van der Waals surface area contributed by atoms with E-state index in [9.17, 15) is 8.42 Å². The lowest BCUT2D eigenvalue weighted by Crippen LogP contribution is -1.96. The normalized spacial score (nSPS) is 11.2. The fraction of sp³-hybridized carbons (Fsp3) is 0.0833. The average molecular weight is 284 g/mol. The van der Waals surface area contributed by atoms with Gasteiger partial charge >= 0.3 is 0 Å². The Morgan fingerprint density at radius 3 is 2.50 bits per heavy atom. The molecule has 0 aliphatic heterocycles. The van der Waals surface area contributed by atoms with E-state index in [0.717, 1.165) is 0 Å². The lowest BCUT2D eigenvalue weighted by Gasteiger charge is -2.07. The van der Waals surface area contributed by atoms with Crippen molar-refractivity contribution in [2.45, 2.75) is 4.90 Å². The SMILES string of the molecule is COc1cccc(-c2ccccc2S(=O)(=O)Cl)n1. The second-order valence-corrected chi connectivity index (χ2v) is 6.03. The molecular weight excluding hydrogens is 274 g/mol. The van der Waals surface area contributed by atoms with Crippen LogP contribution in [0.25, 0.3) is 11.3 Å². The van der Waals surface area contributed by atoms with Crippen LogP contribution in [0.2, 0.25) is 0 Å². The van der Waals surface area contributed by atoms with Gasteiger partial charge in [-0.2, -0.15) is 0 Å². The fourth-order valence-corrected chi connectivity index (χ4v) is 2.65. The minimum atomic E-state index is -3.81. The lowest BCUT2D eigenvalue weighted by molar-refractivity contribution is 0.398. The average Bonchev–Trinajstić information content (AvgIpc) is 2.38. The molecule has 0 N–H and O–H groups in total. The van der Waals surface area contributed by atoms with Crippen LogP contribution in [0.15, 0.2) is 47.4 Å². The van der Waals surface area contributed by atoms with Crippen LogP contribution in [0.3, 0.4) is 0 Å². The van der Waals surface area contributed by atoms with Crippen LogP contribution in [0.5, 0.6) is 5.88 Å². The first-order valence-corrected chi connectivity index (χ1v) is 7.38. The van der Waals surface area contributed by atoms with Gasteiger partial charge < -0.3 is 4.74 Å². The van der Waals surface area contributed by atoms with E-state index in [2.05, 4.69) is 4.98 Å². The van der Waals surface area contributed by atoms with Gasteiger partial charge in [-0.25, -0.2) is 13.4 Å². The molecule has 0 saturated carbocycles. The summed E-state index contributed by atoms with van der Waals surface area (Å²) >= 11 is 0. The Morgan fingerprint density at radius 2 is 1.83 bits per heavy atom. The molecule has 1 aromatic heterocycles. The highest BCUT2D eigenvalue weighted by molar-refractivity contribution is 8.13. The van der Waals surface area contributed by atoms with Crippen molar-refractivity contribution in [3.05, 3.63) is 42.5 Å². The molecule has 0 fully saturated rings. The van der Waals surface area contributed by atoms with Crippen molar-refractivity contribution in [3.63, 3.8) is 0 Å². The summed E-state index contributed by atoms with van der Waals surface area (Å²) in [6, 6.07) is 11.5. The van der Waals surface area contributed by atoms with Crippen molar-refractivity contribution in [1.82, 2.24) is 4.98 Å². The maximum Gasteiger partial charge on any atom is 0.261 e. The molecule has 0 unspecified atom stereocenters. The number of aromatic nitrogens is 1. The predicted molar refractivity (Wildman–Crippen MR) is 69.3 cm³/mol. The zero-order valence-corrected chi connectivity index (χ0v) is 11.1. The topological polar surface area (TPSA) is 56.3 Å². The van der Waals surface area contributed by atoms with Crippen LogP contribution >= 0.6 is 10.7 Å². The largest absolute Gasteiger partial charge is 0.481 e. The molecule has 18 heavy (non-hydrogen) atoms. The first-order chi connectivity index (χ1) is 8.52. The van der Waals surface area contributed by atoms with Gasteiger partial charge in [0.1, 0.15) is 0 Å². The number of benzene rings is 1. The van der Waals surface area contributed by atoms with Crippen molar-refractivity contribution in [3.8, 4) is 17.1 Å². The van der Waals surface area contributed by atoms with Crippen molar-refractivity contribution >= 4 is 19.7 Å². The highest BCUT2D eigenvalue weighted by Crippen LogP contribution is 2.28. The third-order valence-electron chi connectivity index (χ3n) is 2.36. The van der Waals surface area contributed by atoms with Gasteiger partial charge in [0.25, 0.3) is 9.05 Å². The van der Waals surface area contributed by atoms with Crippen molar-refractivity contribution in [2.24, 2.45) is 0 Å². The number of hydrogen-bond acceptors (Lipinski definition) is 4. The third-order valence-corrected chi connectivity index (χ3v) is 3.74. The number of halogens is 1. The zero-order chi connectivity index (χ0) is 13.2. The molecule has 0 spiro atoms. The van der Waals surface area contributed by atoms with E-state index in [0.29, 0.717) is 17.1 Å². The maximum atomic E-state index is 11.5. The summed E-state index contributed by atoms with van der Waals surface area (Å²) in [4.78, 5) is 4.22. The van der Waals surface area contributed by atoms with Gasteiger partial charge in [-0.3, -0.25) is 0 Å². The van der Waals surface area contributed by atoms with Gasteiger partial charge in [-0.05, 0) is 12.1 Å². The summed E-state index contributed by atoms with van der Waals surface area (Å²) in [5.41, 5.74) is 0.945.